The van der Waals surface area contributed by atoms with E-state index in [0.29, 0.717) is 15.7 Å². The SMILES string of the molecule is CC(C)(c1ccccc1)c1ccc(N)c(Cl)c1Cl. The van der Waals surface area contributed by atoms with Crippen molar-refractivity contribution >= 4 is 28.9 Å². The summed E-state index contributed by atoms with van der Waals surface area (Å²) in [7, 11) is 0. The van der Waals surface area contributed by atoms with E-state index in [0.717, 1.165) is 5.56 Å². The van der Waals surface area contributed by atoms with Crippen LogP contribution in [0.2, 0.25) is 10.0 Å². The number of hydrogen-bond donors (Lipinski definition) is 1. The molecule has 0 unspecified atom stereocenters. The van der Waals surface area contributed by atoms with E-state index in [1.165, 1.54) is 5.56 Å². The zero-order valence-electron chi connectivity index (χ0n) is 10.4. The molecule has 2 aromatic rings. The zero-order valence-corrected chi connectivity index (χ0v) is 11.9. The molecule has 2 N–H and O–H groups in total. The van der Waals surface area contributed by atoms with Gasteiger partial charge in [-0.1, -0.05) is 73.4 Å². The monoisotopic (exact) mass is 279 g/mol. The first kappa shape index (κ1) is 13.3. The van der Waals surface area contributed by atoms with Gasteiger partial charge in [0.05, 0.1) is 15.7 Å². The maximum Gasteiger partial charge on any atom is 0.0824 e. The molecule has 1 nitrogen and oxygen atoms in total. The maximum absolute atomic E-state index is 6.32. The molecule has 0 aromatic heterocycles. The third kappa shape index (κ3) is 2.21. The molecule has 0 radical (unpaired) electrons. The third-order valence-corrected chi connectivity index (χ3v) is 4.18. The van der Waals surface area contributed by atoms with Gasteiger partial charge in [-0.15, -0.1) is 0 Å². The first-order valence-corrected chi connectivity index (χ1v) is 6.49. The van der Waals surface area contributed by atoms with Gasteiger partial charge in [-0.05, 0) is 17.2 Å². The summed E-state index contributed by atoms with van der Waals surface area (Å²) in [5.74, 6) is 0. The Bertz CT molecular complexity index is 562. The second-order valence-electron chi connectivity index (χ2n) is 4.82. The highest BCUT2D eigenvalue weighted by Crippen LogP contribution is 2.40. The van der Waals surface area contributed by atoms with Crippen LogP contribution < -0.4 is 5.73 Å². The highest BCUT2D eigenvalue weighted by molar-refractivity contribution is 6.44. The number of hydrogen-bond acceptors (Lipinski definition) is 1. The van der Waals surface area contributed by atoms with Gasteiger partial charge in [0.15, 0.2) is 0 Å². The van der Waals surface area contributed by atoms with Crippen LogP contribution in [0.3, 0.4) is 0 Å². The summed E-state index contributed by atoms with van der Waals surface area (Å²) in [5, 5.41) is 0.962. The van der Waals surface area contributed by atoms with E-state index >= 15 is 0 Å². The minimum atomic E-state index is -0.213. The first-order chi connectivity index (χ1) is 8.44. The average molecular weight is 280 g/mol. The molecule has 0 fully saturated rings. The number of nitrogen functional groups attached to an aromatic ring is 1. The van der Waals surface area contributed by atoms with E-state index in [9.17, 15) is 0 Å². The van der Waals surface area contributed by atoms with E-state index in [2.05, 4.69) is 26.0 Å². The van der Waals surface area contributed by atoms with Crippen molar-refractivity contribution < 1.29 is 0 Å². The molecule has 0 saturated heterocycles. The molecule has 0 heterocycles. The van der Waals surface area contributed by atoms with Gasteiger partial charge >= 0.3 is 0 Å². The van der Waals surface area contributed by atoms with E-state index in [1.807, 2.05) is 24.3 Å². The van der Waals surface area contributed by atoms with Gasteiger partial charge in [0, 0.05) is 5.41 Å². The minimum Gasteiger partial charge on any atom is -0.397 e. The summed E-state index contributed by atoms with van der Waals surface area (Å²) in [4.78, 5) is 0. The predicted octanol–water partition coefficient (Wildman–Crippen LogP) is 4.90. The zero-order chi connectivity index (χ0) is 13.3. The van der Waals surface area contributed by atoms with Crippen molar-refractivity contribution in [2.24, 2.45) is 0 Å². The Kier molecular flexibility index (Phi) is 3.56. The van der Waals surface area contributed by atoms with Gasteiger partial charge < -0.3 is 5.73 Å². The highest BCUT2D eigenvalue weighted by atomic mass is 35.5. The van der Waals surface area contributed by atoms with Crippen molar-refractivity contribution in [3.8, 4) is 0 Å². The van der Waals surface area contributed by atoms with Crippen LogP contribution in [0, 0.1) is 0 Å². The third-order valence-electron chi connectivity index (χ3n) is 3.28. The molecule has 18 heavy (non-hydrogen) atoms. The Labute approximate surface area is 118 Å². The lowest BCUT2D eigenvalue weighted by molar-refractivity contribution is 0.641. The average Bonchev–Trinajstić information content (AvgIpc) is 2.37. The predicted molar refractivity (Wildman–Crippen MR) is 79.4 cm³/mol. The van der Waals surface area contributed by atoms with Gasteiger partial charge in [0.2, 0.25) is 0 Å². The maximum atomic E-state index is 6.32. The summed E-state index contributed by atoms with van der Waals surface area (Å²) in [6, 6.07) is 13.9. The second-order valence-corrected chi connectivity index (χ2v) is 5.58. The van der Waals surface area contributed by atoms with E-state index in [1.54, 1.807) is 6.07 Å². The van der Waals surface area contributed by atoms with Crippen molar-refractivity contribution in [3.05, 3.63) is 63.6 Å². The fraction of sp³-hybridized carbons (Fsp3) is 0.200. The van der Waals surface area contributed by atoms with Crippen molar-refractivity contribution in [2.75, 3.05) is 5.73 Å². The Morgan fingerprint density at radius 3 is 2.11 bits per heavy atom. The molecule has 0 amide bonds. The van der Waals surface area contributed by atoms with Gasteiger partial charge in [-0.2, -0.15) is 0 Å². The van der Waals surface area contributed by atoms with E-state index in [4.69, 9.17) is 28.9 Å². The molecule has 0 aliphatic rings. The largest absolute Gasteiger partial charge is 0.397 e. The Balaban J connectivity index is 2.58. The van der Waals surface area contributed by atoms with Crippen molar-refractivity contribution in [1.82, 2.24) is 0 Å². The molecule has 2 aromatic carbocycles. The number of benzene rings is 2. The number of nitrogens with two attached hydrogens (primary N) is 1. The Morgan fingerprint density at radius 2 is 1.50 bits per heavy atom. The van der Waals surface area contributed by atoms with E-state index < -0.39 is 0 Å². The Hall–Kier alpha value is -1.18. The molecular weight excluding hydrogens is 265 g/mol. The lowest BCUT2D eigenvalue weighted by atomic mass is 9.78. The molecule has 0 aliphatic heterocycles. The summed E-state index contributed by atoms with van der Waals surface area (Å²) < 4.78 is 0. The van der Waals surface area contributed by atoms with Crippen LogP contribution in [0.1, 0.15) is 25.0 Å². The van der Waals surface area contributed by atoms with Crippen LogP contribution in [0.15, 0.2) is 42.5 Å². The second kappa shape index (κ2) is 4.83. The molecular formula is C15H15Cl2N. The van der Waals surface area contributed by atoms with Gasteiger partial charge in [-0.3, -0.25) is 0 Å². The van der Waals surface area contributed by atoms with Crippen molar-refractivity contribution in [1.29, 1.82) is 0 Å². The van der Waals surface area contributed by atoms with Gasteiger partial charge in [0.1, 0.15) is 0 Å². The van der Waals surface area contributed by atoms with Crippen LogP contribution in [0.25, 0.3) is 0 Å². The van der Waals surface area contributed by atoms with Crippen LogP contribution in [-0.4, -0.2) is 0 Å². The van der Waals surface area contributed by atoms with Crippen molar-refractivity contribution in [3.63, 3.8) is 0 Å². The van der Waals surface area contributed by atoms with Gasteiger partial charge in [0.25, 0.3) is 0 Å². The quantitative estimate of drug-likeness (QED) is 0.778. The topological polar surface area (TPSA) is 26.0 Å². The standard InChI is InChI=1S/C15H15Cl2N/c1-15(2,10-6-4-3-5-7-10)11-8-9-12(18)14(17)13(11)16/h3-9H,18H2,1-2H3. The molecule has 0 spiro atoms. The van der Waals surface area contributed by atoms with Crippen LogP contribution >= 0.6 is 23.2 Å². The van der Waals surface area contributed by atoms with Crippen LogP contribution in [-0.2, 0) is 5.41 Å². The molecule has 94 valence electrons. The van der Waals surface area contributed by atoms with Crippen LogP contribution in [0.5, 0.6) is 0 Å². The summed E-state index contributed by atoms with van der Waals surface area (Å²) >= 11 is 12.4. The van der Waals surface area contributed by atoms with Crippen LogP contribution in [0.4, 0.5) is 5.69 Å². The highest BCUT2D eigenvalue weighted by Gasteiger charge is 2.26. The van der Waals surface area contributed by atoms with E-state index in [-0.39, 0.29) is 5.41 Å². The molecule has 0 saturated carbocycles. The normalized spacial score (nSPS) is 11.6. The number of anilines is 1. The van der Waals surface area contributed by atoms with Gasteiger partial charge in [-0.25, -0.2) is 0 Å². The fourth-order valence-corrected chi connectivity index (χ4v) is 2.63. The number of rotatable bonds is 2. The van der Waals surface area contributed by atoms with Crippen molar-refractivity contribution in [2.45, 2.75) is 19.3 Å². The lowest BCUT2D eigenvalue weighted by Crippen LogP contribution is -2.19. The summed E-state index contributed by atoms with van der Waals surface area (Å²) in [6.45, 7) is 4.24. The molecule has 0 atom stereocenters. The summed E-state index contributed by atoms with van der Waals surface area (Å²) in [6.07, 6.45) is 0. The first-order valence-electron chi connectivity index (χ1n) is 5.74. The fourth-order valence-electron chi connectivity index (χ4n) is 2.06. The molecule has 0 aliphatic carbocycles. The smallest absolute Gasteiger partial charge is 0.0824 e. The molecule has 2 rings (SSSR count). The minimum absolute atomic E-state index is 0.213. The summed E-state index contributed by atoms with van der Waals surface area (Å²) in [5.41, 5.74) is 8.22. The molecule has 3 heteroatoms. The molecule has 0 bridgehead atoms. The Morgan fingerprint density at radius 1 is 0.889 bits per heavy atom. The lowest BCUT2D eigenvalue weighted by Gasteiger charge is -2.27. The number of halogens is 2.